The predicted octanol–water partition coefficient (Wildman–Crippen LogP) is 4.41. The zero-order chi connectivity index (χ0) is 29.3. The molecule has 220 valence electrons. The van der Waals surface area contributed by atoms with Gasteiger partial charge in [-0.25, -0.2) is 9.79 Å². The van der Waals surface area contributed by atoms with E-state index >= 15 is 0 Å². The van der Waals surface area contributed by atoms with Crippen LogP contribution in [0.4, 0.5) is 0 Å². The second-order valence-electron chi connectivity index (χ2n) is 10.1. The molecule has 1 saturated heterocycles. The molecule has 1 unspecified atom stereocenters. The first kappa shape index (κ1) is 29.6. The van der Waals surface area contributed by atoms with Gasteiger partial charge in [-0.3, -0.25) is 9.69 Å². The average Bonchev–Trinajstić information content (AvgIpc) is 3.40. The summed E-state index contributed by atoms with van der Waals surface area (Å²) in [7, 11) is 0. The number of ether oxygens (including phenoxy) is 3. The van der Waals surface area contributed by atoms with Crippen molar-refractivity contribution in [2.75, 3.05) is 46.0 Å². The van der Waals surface area contributed by atoms with Crippen LogP contribution in [0.2, 0.25) is 0 Å². The number of allylic oxidation sites excluding steroid dienone is 1. The van der Waals surface area contributed by atoms with Crippen LogP contribution in [0.3, 0.4) is 0 Å². The number of hydrogen-bond donors (Lipinski definition) is 1. The molecule has 9 nitrogen and oxygen atoms in total. The molecule has 0 spiro atoms. The lowest BCUT2D eigenvalue weighted by Gasteiger charge is -2.36. The van der Waals surface area contributed by atoms with Gasteiger partial charge in [0.2, 0.25) is 5.91 Å². The van der Waals surface area contributed by atoms with E-state index in [-0.39, 0.29) is 18.9 Å². The SMILES string of the molecule is C=CCOC(=O)C1=C(C)N=C2SC=C(CC(=O)NCCN3CCOCC3)N2C1c1cccc(OCc2ccccc2)c1. The predicted molar refractivity (Wildman–Crippen MR) is 164 cm³/mol. The lowest BCUT2D eigenvalue weighted by molar-refractivity contribution is -0.138. The van der Waals surface area contributed by atoms with Gasteiger partial charge in [-0.05, 0) is 35.6 Å². The van der Waals surface area contributed by atoms with Crippen molar-refractivity contribution < 1.29 is 23.8 Å². The lowest BCUT2D eigenvalue weighted by Crippen LogP contribution is -2.42. The molecular formula is C32H36N4O5S. The Labute approximate surface area is 250 Å². The van der Waals surface area contributed by atoms with Crippen LogP contribution < -0.4 is 10.1 Å². The number of nitrogens with zero attached hydrogens (tertiary/aromatic N) is 3. The number of amidine groups is 1. The molecular weight excluding hydrogens is 552 g/mol. The normalized spacial score (nSPS) is 18.6. The highest BCUT2D eigenvalue weighted by Crippen LogP contribution is 2.45. The number of carbonyl (C=O) groups excluding carboxylic acids is 2. The van der Waals surface area contributed by atoms with Gasteiger partial charge >= 0.3 is 5.97 Å². The van der Waals surface area contributed by atoms with Crippen LogP contribution in [0.25, 0.3) is 0 Å². The van der Waals surface area contributed by atoms with Crippen molar-refractivity contribution in [3.8, 4) is 5.75 Å². The molecule has 0 radical (unpaired) electrons. The number of morpholine rings is 1. The van der Waals surface area contributed by atoms with E-state index in [0.29, 0.717) is 35.3 Å². The van der Waals surface area contributed by atoms with Crippen molar-refractivity contribution in [3.63, 3.8) is 0 Å². The van der Waals surface area contributed by atoms with E-state index < -0.39 is 12.0 Å². The van der Waals surface area contributed by atoms with E-state index in [4.69, 9.17) is 19.2 Å². The van der Waals surface area contributed by atoms with Gasteiger partial charge in [0.15, 0.2) is 5.17 Å². The highest BCUT2D eigenvalue weighted by atomic mass is 32.2. The Balaban J connectivity index is 1.36. The van der Waals surface area contributed by atoms with Gasteiger partial charge in [0.1, 0.15) is 19.0 Å². The maximum atomic E-state index is 13.4. The van der Waals surface area contributed by atoms with Crippen molar-refractivity contribution in [2.24, 2.45) is 4.99 Å². The number of hydrogen-bond acceptors (Lipinski definition) is 9. The molecule has 3 aliphatic heterocycles. The number of esters is 1. The summed E-state index contributed by atoms with van der Waals surface area (Å²) in [6, 6.07) is 17.1. The number of fused-ring (bicyclic) bond motifs is 1. The molecule has 5 rings (SSSR count). The topological polar surface area (TPSA) is 92.7 Å². The Hall–Kier alpha value is -3.86. The van der Waals surface area contributed by atoms with Crippen LogP contribution in [0.1, 0.15) is 30.5 Å². The lowest BCUT2D eigenvalue weighted by atomic mass is 9.93. The maximum absolute atomic E-state index is 13.4. The van der Waals surface area contributed by atoms with Gasteiger partial charge in [0, 0.05) is 31.9 Å². The Morgan fingerprint density at radius 2 is 1.98 bits per heavy atom. The molecule has 2 aromatic rings. The van der Waals surface area contributed by atoms with Gasteiger partial charge in [-0.1, -0.05) is 66.9 Å². The molecule has 2 aromatic carbocycles. The highest BCUT2D eigenvalue weighted by molar-refractivity contribution is 8.16. The fourth-order valence-electron chi connectivity index (χ4n) is 5.08. The standard InChI is InChI=1S/C32H36N4O5S/c1-3-16-40-31(38)29-23(2)34-32-36(26(22-42-32)20-28(37)33-12-13-35-14-17-39-18-15-35)30(29)25-10-7-11-27(19-25)41-21-24-8-5-4-6-9-24/h3-11,19,22,30H,1,12-18,20-21H2,2H3,(H,33,37). The summed E-state index contributed by atoms with van der Waals surface area (Å²) in [5.41, 5.74) is 3.65. The van der Waals surface area contributed by atoms with Gasteiger partial charge in [0.05, 0.1) is 36.9 Å². The third-order valence-electron chi connectivity index (χ3n) is 7.17. The van der Waals surface area contributed by atoms with Crippen molar-refractivity contribution in [2.45, 2.75) is 26.0 Å². The summed E-state index contributed by atoms with van der Waals surface area (Å²) in [5, 5.41) is 5.70. The molecule has 1 fully saturated rings. The van der Waals surface area contributed by atoms with Crippen molar-refractivity contribution in [1.29, 1.82) is 0 Å². The minimum absolute atomic E-state index is 0.0854. The Bertz CT molecular complexity index is 1380. The smallest absolute Gasteiger partial charge is 0.338 e. The first-order valence-corrected chi connectivity index (χ1v) is 15.0. The van der Waals surface area contributed by atoms with Crippen molar-refractivity contribution in [3.05, 3.63) is 101 Å². The number of carbonyl (C=O) groups is 2. The maximum Gasteiger partial charge on any atom is 0.338 e. The van der Waals surface area contributed by atoms with Crippen molar-refractivity contribution in [1.82, 2.24) is 15.1 Å². The molecule has 0 aromatic heterocycles. The average molecular weight is 589 g/mol. The molecule has 0 saturated carbocycles. The number of aliphatic imine (C=N–C) groups is 1. The minimum atomic E-state index is -0.544. The van der Waals surface area contributed by atoms with Gasteiger partial charge < -0.3 is 24.4 Å². The molecule has 3 aliphatic rings. The quantitative estimate of drug-likeness (QED) is 0.288. The minimum Gasteiger partial charge on any atom is -0.489 e. The molecule has 0 aliphatic carbocycles. The van der Waals surface area contributed by atoms with Crippen molar-refractivity contribution >= 4 is 28.8 Å². The number of thioether (sulfide) groups is 1. The summed E-state index contributed by atoms with van der Waals surface area (Å²) in [5.74, 6) is 0.120. The van der Waals surface area contributed by atoms with Crippen LogP contribution >= 0.6 is 11.8 Å². The fraction of sp³-hybridized carbons (Fsp3) is 0.344. The fourth-order valence-corrected chi connectivity index (χ4v) is 6.04. The zero-order valence-electron chi connectivity index (χ0n) is 23.8. The molecule has 1 atom stereocenters. The number of amides is 1. The molecule has 1 N–H and O–H groups in total. The van der Waals surface area contributed by atoms with Gasteiger partial charge in [-0.15, -0.1) is 0 Å². The van der Waals surface area contributed by atoms with Crippen LogP contribution in [-0.2, 0) is 25.7 Å². The summed E-state index contributed by atoms with van der Waals surface area (Å²) in [4.78, 5) is 35.4. The molecule has 10 heteroatoms. The van der Waals surface area contributed by atoms with Crippen LogP contribution in [0.15, 0.2) is 94.6 Å². The first-order valence-electron chi connectivity index (χ1n) is 14.1. The van der Waals surface area contributed by atoms with Crippen LogP contribution in [0, 0.1) is 0 Å². The monoisotopic (exact) mass is 588 g/mol. The highest BCUT2D eigenvalue weighted by Gasteiger charge is 2.41. The Kier molecular flexibility index (Phi) is 10.1. The largest absolute Gasteiger partial charge is 0.489 e. The van der Waals surface area contributed by atoms with Crippen LogP contribution in [-0.4, -0.2) is 72.8 Å². The number of nitrogens with one attached hydrogen (secondary N) is 1. The Morgan fingerprint density at radius 3 is 2.76 bits per heavy atom. The molecule has 3 heterocycles. The molecule has 0 bridgehead atoms. The number of benzene rings is 2. The van der Waals surface area contributed by atoms with E-state index in [1.54, 1.807) is 0 Å². The third-order valence-corrected chi connectivity index (χ3v) is 8.06. The summed E-state index contributed by atoms with van der Waals surface area (Å²) >= 11 is 1.45. The first-order chi connectivity index (χ1) is 20.5. The van der Waals surface area contributed by atoms with E-state index in [1.807, 2.05) is 71.8 Å². The van der Waals surface area contributed by atoms with Gasteiger partial charge in [0.25, 0.3) is 0 Å². The summed E-state index contributed by atoms with van der Waals surface area (Å²) < 4.78 is 17.0. The second kappa shape index (κ2) is 14.4. The van der Waals surface area contributed by atoms with E-state index in [2.05, 4.69) is 16.8 Å². The van der Waals surface area contributed by atoms with E-state index in [9.17, 15) is 9.59 Å². The zero-order valence-corrected chi connectivity index (χ0v) is 24.6. The second-order valence-corrected chi connectivity index (χ2v) is 10.9. The van der Waals surface area contributed by atoms with E-state index in [0.717, 1.165) is 49.7 Å². The van der Waals surface area contributed by atoms with Gasteiger partial charge in [-0.2, -0.15) is 0 Å². The number of rotatable bonds is 12. The van der Waals surface area contributed by atoms with E-state index in [1.165, 1.54) is 17.8 Å². The summed E-state index contributed by atoms with van der Waals surface area (Å²) in [6.07, 6.45) is 1.69. The Morgan fingerprint density at radius 1 is 1.17 bits per heavy atom. The molecule has 42 heavy (non-hydrogen) atoms. The molecule has 1 amide bonds. The van der Waals surface area contributed by atoms with Crippen LogP contribution in [0.5, 0.6) is 5.75 Å². The summed E-state index contributed by atoms with van der Waals surface area (Å²) in [6.45, 7) is 10.5. The third kappa shape index (κ3) is 7.31.